The van der Waals surface area contributed by atoms with E-state index in [4.69, 9.17) is 4.98 Å². The molecule has 1 unspecified atom stereocenters. The Morgan fingerprint density at radius 3 is 3.00 bits per heavy atom. The van der Waals surface area contributed by atoms with Crippen LogP contribution in [0.1, 0.15) is 24.7 Å². The molecule has 1 fully saturated rings. The molecule has 26 heavy (non-hydrogen) atoms. The first kappa shape index (κ1) is 15.0. The van der Waals surface area contributed by atoms with Gasteiger partial charge in [0.25, 0.3) is 5.56 Å². The van der Waals surface area contributed by atoms with E-state index in [-0.39, 0.29) is 11.6 Å². The normalized spacial score (nSPS) is 17.4. The molecule has 1 saturated heterocycles. The Labute approximate surface area is 148 Å². The number of aromatic amines is 1. The smallest absolute Gasteiger partial charge is 0.261 e. The van der Waals surface area contributed by atoms with Gasteiger partial charge in [-0.25, -0.2) is 19.9 Å². The molecule has 1 aliphatic heterocycles. The van der Waals surface area contributed by atoms with Gasteiger partial charge in [-0.05, 0) is 25.0 Å². The quantitative estimate of drug-likeness (QED) is 0.596. The average molecular weight is 347 g/mol. The van der Waals surface area contributed by atoms with Crippen molar-refractivity contribution in [3.8, 4) is 0 Å². The molecule has 8 nitrogen and oxygen atoms in total. The average Bonchev–Trinajstić information content (AvgIpc) is 3.33. The first-order chi connectivity index (χ1) is 12.7. The number of anilines is 1. The third-order valence-corrected chi connectivity index (χ3v) is 5.04. The van der Waals surface area contributed by atoms with E-state index in [1.807, 2.05) is 24.3 Å². The highest BCUT2D eigenvalue weighted by Gasteiger charge is 2.32. The van der Waals surface area contributed by atoms with Gasteiger partial charge in [0.15, 0.2) is 11.5 Å². The summed E-state index contributed by atoms with van der Waals surface area (Å²) in [6.07, 6.45) is 5.07. The van der Waals surface area contributed by atoms with Gasteiger partial charge in [-0.3, -0.25) is 9.36 Å². The number of benzene rings is 1. The van der Waals surface area contributed by atoms with Crippen molar-refractivity contribution in [1.29, 1.82) is 0 Å². The summed E-state index contributed by atoms with van der Waals surface area (Å²) < 4.78 is 1.66. The van der Waals surface area contributed by atoms with E-state index >= 15 is 0 Å². The Morgan fingerprint density at radius 2 is 2.08 bits per heavy atom. The molecule has 3 aromatic heterocycles. The van der Waals surface area contributed by atoms with E-state index in [0.29, 0.717) is 11.0 Å². The van der Waals surface area contributed by atoms with Crippen LogP contribution in [0.15, 0.2) is 41.7 Å². The minimum atomic E-state index is -0.0215. The van der Waals surface area contributed by atoms with Crippen LogP contribution in [0.25, 0.3) is 22.1 Å². The fourth-order valence-electron chi connectivity index (χ4n) is 3.79. The molecule has 0 aliphatic carbocycles. The molecule has 8 heteroatoms. The lowest BCUT2D eigenvalue weighted by molar-refractivity contribution is 0.608. The van der Waals surface area contributed by atoms with Gasteiger partial charge < -0.3 is 9.88 Å². The summed E-state index contributed by atoms with van der Waals surface area (Å²) in [5, 5.41) is 0.640. The van der Waals surface area contributed by atoms with Gasteiger partial charge in [-0.15, -0.1) is 0 Å². The van der Waals surface area contributed by atoms with E-state index in [2.05, 4.69) is 24.8 Å². The van der Waals surface area contributed by atoms with Crippen molar-refractivity contribution >= 4 is 27.9 Å². The molecule has 130 valence electrons. The van der Waals surface area contributed by atoms with Crippen LogP contribution >= 0.6 is 0 Å². The number of H-pyrrole nitrogens is 1. The van der Waals surface area contributed by atoms with E-state index in [0.717, 1.165) is 42.1 Å². The summed E-state index contributed by atoms with van der Waals surface area (Å²) in [4.78, 5) is 35.8. The second kappa shape index (κ2) is 5.62. The van der Waals surface area contributed by atoms with Crippen LogP contribution in [-0.2, 0) is 7.05 Å². The van der Waals surface area contributed by atoms with Crippen LogP contribution in [0.2, 0.25) is 0 Å². The van der Waals surface area contributed by atoms with Crippen LogP contribution < -0.4 is 10.5 Å². The molecule has 0 saturated carbocycles. The Hall–Kier alpha value is -3.29. The number of nitrogens with zero attached hydrogens (tertiary/aromatic N) is 6. The van der Waals surface area contributed by atoms with Crippen molar-refractivity contribution in [3.63, 3.8) is 0 Å². The fraction of sp³-hybridized carbons (Fsp3) is 0.278. The molecule has 4 heterocycles. The summed E-state index contributed by atoms with van der Waals surface area (Å²) in [5.74, 6) is 1.56. The van der Waals surface area contributed by atoms with Crippen molar-refractivity contribution in [2.45, 2.75) is 18.9 Å². The molecule has 0 amide bonds. The number of fused-ring (bicyclic) bond motifs is 2. The molecule has 0 radical (unpaired) electrons. The van der Waals surface area contributed by atoms with Gasteiger partial charge in [-0.1, -0.05) is 12.1 Å². The first-order valence-corrected chi connectivity index (χ1v) is 8.60. The van der Waals surface area contributed by atoms with E-state index in [1.54, 1.807) is 17.9 Å². The number of hydrogen-bond acceptors (Lipinski definition) is 6. The monoisotopic (exact) mass is 347 g/mol. The van der Waals surface area contributed by atoms with Crippen LogP contribution in [0, 0.1) is 0 Å². The third kappa shape index (κ3) is 2.11. The molecular weight excluding hydrogens is 330 g/mol. The molecule has 4 aromatic rings. The fourth-order valence-corrected chi connectivity index (χ4v) is 3.79. The zero-order valence-electron chi connectivity index (χ0n) is 14.3. The highest BCUT2D eigenvalue weighted by molar-refractivity contribution is 5.83. The first-order valence-electron chi connectivity index (χ1n) is 8.60. The van der Waals surface area contributed by atoms with Crippen molar-refractivity contribution < 1.29 is 0 Å². The van der Waals surface area contributed by atoms with Crippen LogP contribution in [0.5, 0.6) is 0 Å². The molecule has 0 bridgehead atoms. The number of imidazole rings is 1. The highest BCUT2D eigenvalue weighted by atomic mass is 16.1. The Balaban J connectivity index is 1.68. The predicted octanol–water partition coefficient (Wildman–Crippen LogP) is 1.94. The van der Waals surface area contributed by atoms with Gasteiger partial charge in [0.1, 0.15) is 17.7 Å². The van der Waals surface area contributed by atoms with Gasteiger partial charge in [0, 0.05) is 13.6 Å². The van der Waals surface area contributed by atoms with Crippen molar-refractivity contribution in [2.24, 2.45) is 7.05 Å². The summed E-state index contributed by atoms with van der Waals surface area (Å²) in [6, 6.07) is 7.46. The molecule has 1 aromatic carbocycles. The molecule has 1 N–H and O–H groups in total. The van der Waals surface area contributed by atoms with Crippen LogP contribution in [0.4, 0.5) is 5.82 Å². The second-order valence-corrected chi connectivity index (χ2v) is 6.50. The molecule has 1 aliphatic rings. The zero-order chi connectivity index (χ0) is 17.7. The molecule has 5 rings (SSSR count). The maximum absolute atomic E-state index is 12.8. The van der Waals surface area contributed by atoms with Crippen molar-refractivity contribution in [1.82, 2.24) is 29.5 Å². The molecule has 0 spiro atoms. The van der Waals surface area contributed by atoms with Gasteiger partial charge in [0.05, 0.1) is 23.3 Å². The summed E-state index contributed by atoms with van der Waals surface area (Å²) in [6.45, 7) is 0.846. The second-order valence-electron chi connectivity index (χ2n) is 6.50. The molecule has 1 atom stereocenters. The van der Waals surface area contributed by atoms with Crippen LogP contribution in [-0.4, -0.2) is 36.0 Å². The molecular formula is C18H17N7O. The maximum atomic E-state index is 12.8. The van der Waals surface area contributed by atoms with Gasteiger partial charge >= 0.3 is 0 Å². The standard InChI is InChI=1S/C18H17N7O/c1-24-16(23-12-6-3-2-5-11(12)18(24)26)13-7-4-8-25(13)17-14-15(20-9-19-14)21-10-22-17/h2-3,5-6,9-10,13H,4,7-8H2,1H3,(H,19,20,21,22). The van der Waals surface area contributed by atoms with Gasteiger partial charge in [0.2, 0.25) is 0 Å². The Kier molecular flexibility index (Phi) is 3.24. The third-order valence-electron chi connectivity index (χ3n) is 5.04. The van der Waals surface area contributed by atoms with Crippen molar-refractivity contribution in [3.05, 3.63) is 53.1 Å². The lowest BCUT2D eigenvalue weighted by atomic mass is 10.1. The van der Waals surface area contributed by atoms with Crippen molar-refractivity contribution in [2.75, 3.05) is 11.4 Å². The number of aromatic nitrogens is 6. The number of nitrogens with one attached hydrogen (secondary N) is 1. The number of hydrogen-bond donors (Lipinski definition) is 1. The zero-order valence-corrected chi connectivity index (χ0v) is 14.3. The van der Waals surface area contributed by atoms with E-state index in [1.165, 1.54) is 6.33 Å². The number of rotatable bonds is 2. The Morgan fingerprint density at radius 1 is 1.19 bits per heavy atom. The maximum Gasteiger partial charge on any atom is 0.261 e. The largest absolute Gasteiger partial charge is 0.345 e. The number of para-hydroxylation sites is 1. The SMILES string of the molecule is Cn1c(C2CCCN2c2ncnc3nc[nH]c23)nc2ccccc2c1=O. The lowest BCUT2D eigenvalue weighted by Gasteiger charge is -2.26. The van der Waals surface area contributed by atoms with Crippen LogP contribution in [0.3, 0.4) is 0 Å². The minimum absolute atomic E-state index is 0.0151. The summed E-state index contributed by atoms with van der Waals surface area (Å²) in [5.41, 5.74) is 2.16. The lowest BCUT2D eigenvalue weighted by Crippen LogP contribution is -2.31. The minimum Gasteiger partial charge on any atom is -0.345 e. The highest BCUT2D eigenvalue weighted by Crippen LogP contribution is 2.36. The predicted molar refractivity (Wildman–Crippen MR) is 98.0 cm³/mol. The summed E-state index contributed by atoms with van der Waals surface area (Å²) in [7, 11) is 1.79. The topological polar surface area (TPSA) is 92.6 Å². The Bertz CT molecular complexity index is 1180. The summed E-state index contributed by atoms with van der Waals surface area (Å²) >= 11 is 0. The van der Waals surface area contributed by atoms with Gasteiger partial charge in [-0.2, -0.15) is 0 Å². The van der Waals surface area contributed by atoms with E-state index in [9.17, 15) is 4.79 Å². The van der Waals surface area contributed by atoms with E-state index < -0.39 is 0 Å².